The second-order valence-electron chi connectivity index (χ2n) is 3.69. The fourth-order valence-corrected chi connectivity index (χ4v) is 2.44. The summed E-state index contributed by atoms with van der Waals surface area (Å²) in [6.07, 6.45) is 0. The molecule has 8 heteroatoms. The average molecular weight is 334 g/mol. The van der Waals surface area contributed by atoms with E-state index < -0.39 is 28.0 Å². The van der Waals surface area contributed by atoms with Crippen LogP contribution in [0.1, 0.15) is 11.5 Å². The van der Waals surface area contributed by atoms with Crippen molar-refractivity contribution in [2.75, 3.05) is 0 Å². The average Bonchev–Trinajstić information content (AvgIpc) is 2.54. The van der Waals surface area contributed by atoms with Gasteiger partial charge in [-0.15, -0.1) is 11.6 Å². The lowest BCUT2D eigenvalue weighted by molar-refractivity contribution is -0.385. The zero-order valence-corrected chi connectivity index (χ0v) is 11.1. The van der Waals surface area contributed by atoms with Gasteiger partial charge in [0.05, 0.1) is 10.8 Å². The van der Waals surface area contributed by atoms with Crippen molar-refractivity contribution in [3.63, 3.8) is 0 Å². The number of nitrogens with one attached hydrogen (secondary N) is 1. The first-order valence-corrected chi connectivity index (χ1v) is 6.07. The van der Waals surface area contributed by atoms with Crippen LogP contribution in [0.2, 0.25) is 0 Å². The molecule has 2 unspecified atom stereocenters. The van der Waals surface area contributed by atoms with Crippen molar-refractivity contribution in [1.29, 1.82) is 0 Å². The zero-order valence-electron chi connectivity index (χ0n) is 8.72. The summed E-state index contributed by atoms with van der Waals surface area (Å²) in [6.45, 7) is 0. The van der Waals surface area contributed by atoms with E-state index >= 15 is 0 Å². The van der Waals surface area contributed by atoms with Gasteiger partial charge in [-0.3, -0.25) is 25.0 Å². The van der Waals surface area contributed by atoms with Gasteiger partial charge in [-0.2, -0.15) is 0 Å². The lowest BCUT2D eigenvalue weighted by atomic mass is 9.95. The van der Waals surface area contributed by atoms with Crippen LogP contribution in [0.3, 0.4) is 0 Å². The molecule has 1 aliphatic rings. The van der Waals surface area contributed by atoms with Gasteiger partial charge < -0.3 is 0 Å². The molecule has 1 aromatic rings. The highest BCUT2D eigenvalue weighted by atomic mass is 79.9. The molecular formula is C10H6BrClN2O4. The number of carbonyl (C=O) groups excluding carboxylic acids is 2. The number of rotatable bonds is 2. The van der Waals surface area contributed by atoms with E-state index in [1.165, 1.54) is 12.1 Å². The fourth-order valence-electron chi connectivity index (χ4n) is 1.79. The predicted molar refractivity (Wildman–Crippen MR) is 66.3 cm³/mol. The highest BCUT2D eigenvalue weighted by Crippen LogP contribution is 2.36. The topological polar surface area (TPSA) is 89.3 Å². The Bertz CT molecular complexity index is 563. The molecule has 94 valence electrons. The Kier molecular flexibility index (Phi) is 3.36. The van der Waals surface area contributed by atoms with Gasteiger partial charge in [0.15, 0.2) is 0 Å². The number of imide groups is 1. The molecule has 0 bridgehead atoms. The van der Waals surface area contributed by atoms with Crippen LogP contribution in [0.25, 0.3) is 0 Å². The van der Waals surface area contributed by atoms with E-state index in [0.29, 0.717) is 4.47 Å². The number of alkyl halides is 1. The van der Waals surface area contributed by atoms with Crippen LogP contribution in [0.15, 0.2) is 22.7 Å². The van der Waals surface area contributed by atoms with Crippen molar-refractivity contribution >= 4 is 45.0 Å². The van der Waals surface area contributed by atoms with E-state index in [-0.39, 0.29) is 11.3 Å². The van der Waals surface area contributed by atoms with E-state index in [0.717, 1.165) is 0 Å². The Hall–Kier alpha value is -1.47. The summed E-state index contributed by atoms with van der Waals surface area (Å²) < 4.78 is 0.508. The number of amides is 2. The largest absolute Gasteiger partial charge is 0.295 e. The molecule has 1 heterocycles. The summed E-state index contributed by atoms with van der Waals surface area (Å²) in [5.74, 6) is -2.29. The van der Waals surface area contributed by atoms with Crippen LogP contribution in [-0.4, -0.2) is 22.1 Å². The van der Waals surface area contributed by atoms with Gasteiger partial charge in [-0.25, -0.2) is 0 Å². The van der Waals surface area contributed by atoms with Gasteiger partial charge in [0.2, 0.25) is 11.8 Å². The first-order valence-electron chi connectivity index (χ1n) is 4.84. The number of nitro groups is 1. The van der Waals surface area contributed by atoms with Gasteiger partial charge in [0.1, 0.15) is 5.38 Å². The molecule has 1 aromatic carbocycles. The first kappa shape index (κ1) is 13.0. The van der Waals surface area contributed by atoms with Gasteiger partial charge in [-0.1, -0.05) is 22.0 Å². The number of carbonyl (C=O) groups is 2. The molecule has 1 fully saturated rings. The number of nitrogens with zero attached hydrogens (tertiary/aromatic N) is 1. The third-order valence-electron chi connectivity index (χ3n) is 2.60. The molecule has 0 aliphatic carbocycles. The molecule has 2 rings (SSSR count). The zero-order chi connectivity index (χ0) is 13.4. The summed E-state index contributed by atoms with van der Waals surface area (Å²) in [7, 11) is 0. The quantitative estimate of drug-likeness (QED) is 0.386. The maximum absolute atomic E-state index is 11.6. The summed E-state index contributed by atoms with van der Waals surface area (Å²) in [4.78, 5) is 33.2. The maximum atomic E-state index is 11.6. The highest BCUT2D eigenvalue weighted by molar-refractivity contribution is 9.10. The third kappa shape index (κ3) is 2.11. The monoisotopic (exact) mass is 332 g/mol. The van der Waals surface area contributed by atoms with Gasteiger partial charge in [0, 0.05) is 16.1 Å². The fraction of sp³-hybridized carbons (Fsp3) is 0.200. The number of hydrogen-bond donors (Lipinski definition) is 1. The lowest BCUT2D eigenvalue weighted by Gasteiger charge is -2.10. The number of halogens is 2. The Morgan fingerprint density at radius 2 is 2.00 bits per heavy atom. The summed E-state index contributed by atoms with van der Waals surface area (Å²) in [5, 5.41) is 11.9. The summed E-state index contributed by atoms with van der Waals surface area (Å²) in [6, 6.07) is 4.25. The van der Waals surface area contributed by atoms with E-state index in [1.54, 1.807) is 6.07 Å². The van der Waals surface area contributed by atoms with E-state index in [1.807, 2.05) is 0 Å². The molecule has 0 saturated carbocycles. The molecule has 1 saturated heterocycles. The normalized spacial score (nSPS) is 23.0. The smallest absolute Gasteiger partial charge is 0.274 e. The van der Waals surface area contributed by atoms with Crippen molar-refractivity contribution < 1.29 is 14.5 Å². The summed E-state index contributed by atoms with van der Waals surface area (Å²) in [5.41, 5.74) is -0.114. The molecule has 0 radical (unpaired) electrons. The van der Waals surface area contributed by atoms with E-state index in [9.17, 15) is 19.7 Å². The van der Waals surface area contributed by atoms with Crippen molar-refractivity contribution in [3.8, 4) is 0 Å². The third-order valence-corrected chi connectivity index (χ3v) is 3.54. The minimum absolute atomic E-state index is 0.131. The second kappa shape index (κ2) is 4.66. The van der Waals surface area contributed by atoms with Crippen LogP contribution in [0, 0.1) is 10.1 Å². The van der Waals surface area contributed by atoms with Crippen LogP contribution >= 0.6 is 27.5 Å². The Morgan fingerprint density at radius 3 is 2.50 bits per heavy atom. The molecule has 1 aliphatic heterocycles. The minimum Gasteiger partial charge on any atom is -0.295 e. The number of nitro benzene ring substituents is 1. The number of benzene rings is 1. The van der Waals surface area contributed by atoms with Crippen molar-refractivity contribution in [3.05, 3.63) is 38.3 Å². The predicted octanol–water partition coefficient (Wildman–Crippen LogP) is 1.70. The maximum Gasteiger partial charge on any atom is 0.274 e. The lowest BCUT2D eigenvalue weighted by Crippen LogP contribution is -2.22. The van der Waals surface area contributed by atoms with Crippen LogP contribution in [0.5, 0.6) is 0 Å². The minimum atomic E-state index is -1.13. The van der Waals surface area contributed by atoms with Crippen LogP contribution < -0.4 is 5.32 Å². The molecule has 0 spiro atoms. The number of hydrogen-bond acceptors (Lipinski definition) is 4. The molecular weight excluding hydrogens is 327 g/mol. The molecule has 6 nitrogen and oxygen atoms in total. The van der Waals surface area contributed by atoms with Crippen molar-refractivity contribution in [1.82, 2.24) is 5.32 Å². The Morgan fingerprint density at radius 1 is 1.33 bits per heavy atom. The molecule has 0 aromatic heterocycles. The second-order valence-corrected chi connectivity index (χ2v) is 5.08. The van der Waals surface area contributed by atoms with Crippen molar-refractivity contribution in [2.24, 2.45) is 0 Å². The van der Waals surface area contributed by atoms with E-state index in [4.69, 9.17) is 11.6 Å². The van der Waals surface area contributed by atoms with Crippen LogP contribution in [0.4, 0.5) is 5.69 Å². The summed E-state index contributed by atoms with van der Waals surface area (Å²) >= 11 is 8.92. The van der Waals surface area contributed by atoms with Crippen LogP contribution in [-0.2, 0) is 9.59 Å². The molecule has 2 amide bonds. The molecule has 2 atom stereocenters. The van der Waals surface area contributed by atoms with Gasteiger partial charge in [-0.05, 0) is 6.07 Å². The molecule has 18 heavy (non-hydrogen) atoms. The standard InChI is InChI=1S/C10H6BrClN2O4/c11-4-1-2-5(6(3-4)14(17)18)7-8(12)10(16)13-9(7)15/h1-3,7-8H,(H,13,15,16). The first-order chi connectivity index (χ1) is 8.41. The van der Waals surface area contributed by atoms with Gasteiger partial charge >= 0.3 is 0 Å². The van der Waals surface area contributed by atoms with E-state index in [2.05, 4.69) is 21.2 Å². The van der Waals surface area contributed by atoms with Crippen molar-refractivity contribution in [2.45, 2.75) is 11.3 Å². The highest BCUT2D eigenvalue weighted by Gasteiger charge is 2.44. The van der Waals surface area contributed by atoms with Gasteiger partial charge in [0.25, 0.3) is 5.69 Å². The SMILES string of the molecule is O=C1NC(=O)C(c2ccc(Br)cc2[N+](=O)[O-])C1Cl. The molecule has 1 N–H and O–H groups in total. The Balaban J connectivity index is 2.54. The Labute approximate surface area is 115 Å².